The molecular weight excluding hydrogens is 272 g/mol. The van der Waals surface area contributed by atoms with E-state index >= 15 is 0 Å². The first-order valence-corrected chi connectivity index (χ1v) is 7.68. The molecule has 0 radical (unpaired) electrons. The number of nitrogens with zero attached hydrogens (tertiary/aromatic N) is 4. The fourth-order valence-electron chi connectivity index (χ4n) is 1.90. The third kappa shape index (κ3) is 2.04. The first-order chi connectivity index (χ1) is 8.65. The van der Waals surface area contributed by atoms with Gasteiger partial charge in [-0.1, -0.05) is 0 Å². The van der Waals surface area contributed by atoms with Crippen LogP contribution >= 0.6 is 21.6 Å². The zero-order chi connectivity index (χ0) is 12.7. The Kier molecular flexibility index (Phi) is 3.08. The molecule has 6 nitrogen and oxygen atoms in total. The van der Waals surface area contributed by atoms with Crippen molar-refractivity contribution in [3.8, 4) is 0 Å². The summed E-state index contributed by atoms with van der Waals surface area (Å²) in [5, 5.41) is 3.32. The van der Waals surface area contributed by atoms with E-state index in [1.807, 2.05) is 4.90 Å². The third-order valence-corrected chi connectivity index (χ3v) is 4.96. The van der Waals surface area contributed by atoms with Crippen molar-refractivity contribution in [3.05, 3.63) is 11.3 Å². The lowest BCUT2D eigenvalue weighted by Gasteiger charge is -2.09. The number of likely N-dealkylation sites (N-methyl/N-ethyl adjacent to an activating group) is 1. The largest absolute Gasteiger partial charge is 0.410 e. The molecule has 0 aromatic carbocycles. The van der Waals surface area contributed by atoms with Crippen molar-refractivity contribution in [1.82, 2.24) is 9.96 Å². The summed E-state index contributed by atoms with van der Waals surface area (Å²) < 4.78 is 0. The van der Waals surface area contributed by atoms with E-state index in [1.54, 1.807) is 29.8 Å². The van der Waals surface area contributed by atoms with E-state index < -0.39 is 0 Å². The third-order valence-electron chi connectivity index (χ3n) is 2.78. The maximum absolute atomic E-state index is 12.1. The predicted molar refractivity (Wildman–Crippen MR) is 73.0 cm³/mol. The van der Waals surface area contributed by atoms with Crippen LogP contribution in [-0.2, 0) is 9.63 Å². The van der Waals surface area contributed by atoms with Crippen molar-refractivity contribution in [3.63, 3.8) is 0 Å². The minimum absolute atomic E-state index is 0.215. The van der Waals surface area contributed by atoms with Gasteiger partial charge in [0.2, 0.25) is 0 Å². The highest BCUT2D eigenvalue weighted by molar-refractivity contribution is 8.88. The molecule has 8 heteroatoms. The molecule has 0 aliphatic carbocycles. The van der Waals surface area contributed by atoms with Gasteiger partial charge in [0.25, 0.3) is 5.91 Å². The van der Waals surface area contributed by atoms with Crippen molar-refractivity contribution in [2.75, 3.05) is 26.7 Å². The van der Waals surface area contributed by atoms with Gasteiger partial charge >= 0.3 is 0 Å². The molecule has 0 aromatic heterocycles. The molecule has 0 bridgehead atoms. The van der Waals surface area contributed by atoms with E-state index in [4.69, 9.17) is 4.84 Å². The Hall–Kier alpha value is -0.990. The monoisotopic (exact) mass is 284 g/mol. The number of amides is 1. The number of carbonyl (C=O) groups excluding carboxylic acids is 1. The highest BCUT2D eigenvalue weighted by Gasteiger charge is 2.32. The molecule has 1 saturated heterocycles. The molecule has 3 heterocycles. The van der Waals surface area contributed by atoms with Gasteiger partial charge in [-0.25, -0.2) is 0 Å². The van der Waals surface area contributed by atoms with Crippen LogP contribution in [0.15, 0.2) is 21.3 Å². The summed E-state index contributed by atoms with van der Waals surface area (Å²) in [5.74, 6) is 0.422. The number of hydroxylamine groups is 2. The van der Waals surface area contributed by atoms with Crippen molar-refractivity contribution in [2.45, 2.75) is 6.92 Å². The maximum Gasteiger partial charge on any atom is 0.280 e. The second-order valence-electron chi connectivity index (χ2n) is 4.09. The van der Waals surface area contributed by atoms with Crippen LogP contribution in [0.2, 0.25) is 0 Å². The van der Waals surface area contributed by atoms with Crippen molar-refractivity contribution in [2.24, 2.45) is 9.98 Å². The highest BCUT2D eigenvalue weighted by atomic mass is 33.1. The zero-order valence-electron chi connectivity index (χ0n) is 10.0. The van der Waals surface area contributed by atoms with Gasteiger partial charge in [-0.15, -0.1) is 5.06 Å². The van der Waals surface area contributed by atoms with Crippen LogP contribution in [0.4, 0.5) is 0 Å². The molecule has 3 aliphatic heterocycles. The number of hydrogen-bond acceptors (Lipinski definition) is 6. The molecule has 96 valence electrons. The average Bonchev–Trinajstić information content (AvgIpc) is 2.96. The topological polar surface area (TPSA) is 57.5 Å². The second kappa shape index (κ2) is 4.60. The molecule has 3 aliphatic rings. The van der Waals surface area contributed by atoms with E-state index in [2.05, 4.69) is 9.98 Å². The first-order valence-electron chi connectivity index (χ1n) is 5.53. The molecule has 3 rings (SSSR count). The Morgan fingerprint density at radius 2 is 2.33 bits per heavy atom. The molecule has 0 N–H and O–H groups in total. The minimum Gasteiger partial charge on any atom is -0.410 e. The molecule has 18 heavy (non-hydrogen) atoms. The molecule has 0 spiro atoms. The second-order valence-corrected chi connectivity index (χ2v) is 6.16. The lowest BCUT2D eigenvalue weighted by atomic mass is 10.2. The van der Waals surface area contributed by atoms with Crippen LogP contribution < -0.4 is 0 Å². The fraction of sp³-hybridized carbons (Fsp3) is 0.500. The summed E-state index contributed by atoms with van der Waals surface area (Å²) in [7, 11) is 4.84. The van der Waals surface area contributed by atoms with Crippen molar-refractivity contribution in [1.29, 1.82) is 0 Å². The van der Waals surface area contributed by atoms with Crippen molar-refractivity contribution >= 4 is 37.8 Å². The van der Waals surface area contributed by atoms with Gasteiger partial charge < -0.3 is 4.84 Å². The normalized spacial score (nSPS) is 25.8. The smallest absolute Gasteiger partial charge is 0.280 e. The molecule has 0 aromatic rings. The summed E-state index contributed by atoms with van der Waals surface area (Å²) >= 11 is 0. The molecular formula is C10H12N4O2S2. The average molecular weight is 284 g/mol. The number of carbonyl (C=O) groups is 1. The molecule has 1 amide bonds. The number of rotatable bonds is 1. The van der Waals surface area contributed by atoms with E-state index in [9.17, 15) is 4.79 Å². The number of allylic oxidation sites excluding steroid dienone is 1. The minimum atomic E-state index is -0.215. The van der Waals surface area contributed by atoms with Crippen LogP contribution in [0.3, 0.4) is 0 Å². The molecule has 1 fully saturated rings. The predicted octanol–water partition coefficient (Wildman–Crippen LogP) is 1.09. The van der Waals surface area contributed by atoms with Crippen LogP contribution in [0.5, 0.6) is 0 Å². The van der Waals surface area contributed by atoms with Crippen molar-refractivity contribution < 1.29 is 9.63 Å². The Morgan fingerprint density at radius 1 is 1.50 bits per heavy atom. The first kappa shape index (κ1) is 12.1. The van der Waals surface area contributed by atoms with Gasteiger partial charge in [0.15, 0.2) is 10.3 Å². The molecule has 0 unspecified atom stereocenters. The van der Waals surface area contributed by atoms with E-state index in [0.29, 0.717) is 17.9 Å². The summed E-state index contributed by atoms with van der Waals surface area (Å²) in [4.78, 5) is 27.9. The standard InChI is InChI=1S/C10H12N4O2S2/c1-6-7(5-13(2)16-6)8(15)12-10-14-4-3-11-9(14)17-18-10/h3-5H2,1-2H3. The van der Waals surface area contributed by atoms with Crippen LogP contribution in [0, 0.1) is 0 Å². The highest BCUT2D eigenvalue weighted by Crippen LogP contribution is 2.38. The van der Waals surface area contributed by atoms with Crippen LogP contribution in [-0.4, -0.2) is 52.9 Å². The Morgan fingerprint density at radius 3 is 3.06 bits per heavy atom. The SMILES string of the molecule is CC1=C(C(=O)N=C2SSC3=NCCN32)CN(C)O1. The number of amidine groups is 2. The summed E-state index contributed by atoms with van der Waals surface area (Å²) in [6.07, 6.45) is 0. The molecule has 0 atom stereocenters. The van der Waals surface area contributed by atoms with E-state index in [0.717, 1.165) is 23.4 Å². The van der Waals surface area contributed by atoms with Crippen LogP contribution in [0.25, 0.3) is 0 Å². The summed E-state index contributed by atoms with van der Waals surface area (Å²) in [5.41, 5.74) is 0.625. The van der Waals surface area contributed by atoms with Crippen LogP contribution in [0.1, 0.15) is 6.92 Å². The lowest BCUT2D eigenvalue weighted by molar-refractivity contribution is -0.114. The van der Waals surface area contributed by atoms with Gasteiger partial charge in [0.1, 0.15) is 5.76 Å². The lowest BCUT2D eigenvalue weighted by Crippen LogP contribution is -2.26. The van der Waals surface area contributed by atoms with E-state index in [-0.39, 0.29) is 5.91 Å². The maximum atomic E-state index is 12.1. The zero-order valence-corrected chi connectivity index (χ0v) is 11.7. The fourth-order valence-corrected chi connectivity index (χ4v) is 4.17. The van der Waals surface area contributed by atoms with E-state index in [1.165, 1.54) is 10.8 Å². The van der Waals surface area contributed by atoms with Gasteiger partial charge in [-0.2, -0.15) is 4.99 Å². The number of aliphatic imine (C=N–C) groups is 2. The summed E-state index contributed by atoms with van der Waals surface area (Å²) in [6.45, 7) is 3.87. The summed E-state index contributed by atoms with van der Waals surface area (Å²) in [6, 6.07) is 0. The van der Waals surface area contributed by atoms with Gasteiger partial charge in [-0.05, 0) is 28.5 Å². The Bertz CT molecular complexity index is 500. The quantitative estimate of drug-likeness (QED) is 0.672. The Labute approximate surface area is 113 Å². The van der Waals surface area contributed by atoms with Gasteiger partial charge in [0.05, 0.1) is 18.7 Å². The Balaban J connectivity index is 1.79. The van der Waals surface area contributed by atoms with Gasteiger partial charge in [-0.3, -0.25) is 14.7 Å². The number of fused-ring (bicyclic) bond motifs is 1. The molecule has 0 saturated carbocycles. The number of hydrogen-bond donors (Lipinski definition) is 0. The van der Waals surface area contributed by atoms with Gasteiger partial charge in [0, 0.05) is 13.6 Å².